The number of rotatable bonds is 32. The zero-order valence-corrected chi connectivity index (χ0v) is 29.3. The Bertz CT molecular complexity index is 895. The number of aliphatic carboxylic acids is 1. The van der Waals surface area contributed by atoms with Crippen LogP contribution in [-0.2, 0) is 32.7 Å². The minimum absolute atomic E-state index is 0.130. The van der Waals surface area contributed by atoms with Crippen LogP contribution in [0, 0.1) is 0 Å². The predicted molar refractivity (Wildman–Crippen MR) is 180 cm³/mol. The number of nitrogens with one attached hydrogen (secondary N) is 1. The number of carboxylic acid groups (broad SMARTS) is 1. The maximum atomic E-state index is 12.2. The van der Waals surface area contributed by atoms with Crippen LogP contribution in [0.1, 0.15) is 142 Å². The van der Waals surface area contributed by atoms with E-state index in [4.69, 9.17) is 13.8 Å². The van der Waals surface area contributed by atoms with Crippen LogP contribution in [0.15, 0.2) is 24.3 Å². The number of allylic oxidation sites excluding steroid dienone is 4. The fraction of sp³-hybridized carbons (Fsp3) is 0.794. The van der Waals surface area contributed by atoms with Gasteiger partial charge >= 0.3 is 19.8 Å². The predicted octanol–water partition coefficient (Wildman–Crippen LogP) is 7.55. The summed E-state index contributed by atoms with van der Waals surface area (Å²) in [5.41, 5.74) is 0. The average Bonchev–Trinajstić information content (AvgIpc) is 3.02. The molecule has 0 spiro atoms. The van der Waals surface area contributed by atoms with E-state index in [0.29, 0.717) is 12.8 Å². The molecule has 12 heteroatoms. The summed E-state index contributed by atoms with van der Waals surface area (Å²) in [6.45, 7) is 2.46. The Hall–Kier alpha value is -2.04. The van der Waals surface area contributed by atoms with Gasteiger partial charge in [-0.15, -0.1) is 0 Å². The summed E-state index contributed by atoms with van der Waals surface area (Å²) in [7, 11) is -4.74. The van der Waals surface area contributed by atoms with Crippen LogP contribution in [0.25, 0.3) is 0 Å². The van der Waals surface area contributed by atoms with Gasteiger partial charge in [-0.3, -0.25) is 18.6 Å². The van der Waals surface area contributed by atoms with Crippen molar-refractivity contribution in [3.63, 3.8) is 0 Å². The molecule has 1 amide bonds. The number of phosphoric acid groups is 1. The van der Waals surface area contributed by atoms with Crippen molar-refractivity contribution in [3.8, 4) is 0 Å². The molecule has 0 radical (unpaired) electrons. The number of hydrogen-bond acceptors (Lipinski definition) is 8. The molecule has 0 fully saturated rings. The lowest BCUT2D eigenvalue weighted by molar-refractivity contribution is -0.147. The highest BCUT2D eigenvalue weighted by molar-refractivity contribution is 7.47. The number of carbonyl (C=O) groups excluding carboxylic acids is 2. The standard InChI is InChI=1S/C34H62NO10P/c1-3-5-7-9-11-13-14-15-16-17-18-19-21-23-25-32(37)35-31(34(39)40)29-45-46(41,42)44-28-30(36)27-43-33(38)26-24-22-20-12-10-8-6-4-2/h9,11,14-15,30-31,36H,3-8,10,12-13,16-29H2,1-2H3,(H,35,37)(H,39,40)(H,41,42)/b11-9-,15-14-. The molecular formula is C34H62NO10P. The van der Waals surface area contributed by atoms with Crippen molar-refractivity contribution >= 4 is 25.7 Å². The first kappa shape index (κ1) is 44.0. The lowest BCUT2D eigenvalue weighted by Crippen LogP contribution is -2.43. The minimum Gasteiger partial charge on any atom is -0.480 e. The minimum atomic E-state index is -4.74. The molecule has 3 unspecified atom stereocenters. The normalized spacial score (nSPS) is 14.3. The Labute approximate surface area is 277 Å². The summed E-state index contributed by atoms with van der Waals surface area (Å²) >= 11 is 0. The molecule has 4 N–H and O–H groups in total. The van der Waals surface area contributed by atoms with Crippen LogP contribution in [0.2, 0.25) is 0 Å². The van der Waals surface area contributed by atoms with Crippen molar-refractivity contribution < 1.29 is 47.8 Å². The van der Waals surface area contributed by atoms with Gasteiger partial charge in [-0.05, 0) is 38.5 Å². The van der Waals surface area contributed by atoms with Gasteiger partial charge in [-0.1, -0.05) is 115 Å². The third-order valence-electron chi connectivity index (χ3n) is 7.24. The van der Waals surface area contributed by atoms with Crippen molar-refractivity contribution in [3.05, 3.63) is 24.3 Å². The Morgan fingerprint density at radius 3 is 1.83 bits per heavy atom. The molecule has 268 valence electrons. The second kappa shape index (κ2) is 30.3. The maximum Gasteiger partial charge on any atom is 0.472 e. The molecule has 0 saturated carbocycles. The lowest BCUT2D eigenvalue weighted by atomic mass is 10.1. The Balaban J connectivity index is 4.05. The molecule has 0 saturated heterocycles. The fourth-order valence-electron chi connectivity index (χ4n) is 4.45. The molecule has 0 aromatic rings. The van der Waals surface area contributed by atoms with E-state index in [9.17, 15) is 34.1 Å². The third-order valence-corrected chi connectivity index (χ3v) is 8.19. The molecule has 0 rings (SSSR count). The highest BCUT2D eigenvalue weighted by atomic mass is 31.2. The Morgan fingerprint density at radius 1 is 0.696 bits per heavy atom. The summed E-state index contributed by atoms with van der Waals surface area (Å²) in [4.78, 5) is 45.5. The van der Waals surface area contributed by atoms with Gasteiger partial charge in [0.2, 0.25) is 5.91 Å². The van der Waals surface area contributed by atoms with Gasteiger partial charge in [0, 0.05) is 12.8 Å². The van der Waals surface area contributed by atoms with E-state index in [1.165, 1.54) is 38.5 Å². The molecule has 0 aromatic heterocycles. The van der Waals surface area contributed by atoms with Crippen LogP contribution in [0.5, 0.6) is 0 Å². The molecule has 46 heavy (non-hydrogen) atoms. The highest BCUT2D eigenvalue weighted by Gasteiger charge is 2.28. The van der Waals surface area contributed by atoms with Gasteiger partial charge in [0.15, 0.2) is 6.04 Å². The van der Waals surface area contributed by atoms with Crippen LogP contribution >= 0.6 is 7.82 Å². The molecule has 0 aromatic carbocycles. The van der Waals surface area contributed by atoms with Crippen LogP contribution in [-0.4, -0.2) is 64.9 Å². The van der Waals surface area contributed by atoms with Gasteiger partial charge in [0.1, 0.15) is 12.7 Å². The summed E-state index contributed by atoms with van der Waals surface area (Å²) < 4.78 is 26.6. The van der Waals surface area contributed by atoms with E-state index in [2.05, 4.69) is 43.5 Å². The molecular weight excluding hydrogens is 613 g/mol. The van der Waals surface area contributed by atoms with Crippen molar-refractivity contribution in [2.75, 3.05) is 19.8 Å². The van der Waals surface area contributed by atoms with Crippen LogP contribution < -0.4 is 5.32 Å². The van der Waals surface area contributed by atoms with Crippen molar-refractivity contribution in [1.29, 1.82) is 0 Å². The Morgan fingerprint density at radius 2 is 1.22 bits per heavy atom. The largest absolute Gasteiger partial charge is 0.480 e. The first-order chi connectivity index (χ1) is 22.1. The summed E-state index contributed by atoms with van der Waals surface area (Å²) in [5.74, 6) is -2.40. The number of phosphoric ester groups is 1. The van der Waals surface area contributed by atoms with Crippen molar-refractivity contribution in [1.82, 2.24) is 5.32 Å². The number of carbonyl (C=O) groups is 3. The second-order valence-corrected chi connectivity index (χ2v) is 13.2. The fourth-order valence-corrected chi connectivity index (χ4v) is 5.22. The summed E-state index contributed by atoms with van der Waals surface area (Å²) in [5, 5.41) is 21.6. The number of unbranched alkanes of at least 4 members (excludes halogenated alkanes) is 14. The number of aliphatic hydroxyl groups excluding tert-OH is 1. The highest BCUT2D eigenvalue weighted by Crippen LogP contribution is 2.43. The monoisotopic (exact) mass is 675 g/mol. The number of aliphatic hydroxyl groups is 1. The van der Waals surface area contributed by atoms with Gasteiger partial charge in [-0.2, -0.15) is 0 Å². The SMILES string of the molecule is CCCC/C=C\C/C=C\CCCCCCCC(=O)NC(COP(=O)(O)OCC(O)COC(=O)CCCCCCCCCC)C(=O)O. The van der Waals surface area contributed by atoms with Crippen molar-refractivity contribution in [2.24, 2.45) is 0 Å². The van der Waals surface area contributed by atoms with E-state index in [-0.39, 0.29) is 12.8 Å². The molecule has 0 aliphatic rings. The average molecular weight is 676 g/mol. The summed E-state index contributed by atoms with van der Waals surface area (Å²) in [6, 6.07) is -1.55. The van der Waals surface area contributed by atoms with Gasteiger partial charge in [0.25, 0.3) is 0 Å². The molecule has 0 bridgehead atoms. The smallest absolute Gasteiger partial charge is 0.472 e. The maximum absolute atomic E-state index is 12.2. The Kier molecular flexibility index (Phi) is 29.0. The number of carboxylic acids is 1. The topological polar surface area (TPSA) is 169 Å². The second-order valence-electron chi connectivity index (χ2n) is 11.7. The lowest BCUT2D eigenvalue weighted by Gasteiger charge is -2.18. The molecule has 0 aliphatic carbocycles. The molecule has 3 atom stereocenters. The number of ether oxygens (including phenoxy) is 1. The molecule has 11 nitrogen and oxygen atoms in total. The zero-order valence-electron chi connectivity index (χ0n) is 28.4. The quantitative estimate of drug-likeness (QED) is 0.0242. The first-order valence-electron chi connectivity index (χ1n) is 17.4. The van der Waals surface area contributed by atoms with E-state index >= 15 is 0 Å². The molecule has 0 aliphatic heterocycles. The van der Waals surface area contributed by atoms with E-state index in [1.54, 1.807) is 0 Å². The zero-order chi connectivity index (χ0) is 34.3. The molecule has 0 heterocycles. The van der Waals surface area contributed by atoms with Crippen LogP contribution in [0.3, 0.4) is 0 Å². The van der Waals surface area contributed by atoms with Crippen molar-refractivity contribution in [2.45, 2.75) is 154 Å². The van der Waals surface area contributed by atoms with Gasteiger partial charge < -0.3 is 25.2 Å². The van der Waals surface area contributed by atoms with Crippen LogP contribution in [0.4, 0.5) is 0 Å². The number of esters is 1. The van der Waals surface area contributed by atoms with Gasteiger partial charge in [0.05, 0.1) is 13.2 Å². The van der Waals surface area contributed by atoms with E-state index in [1.807, 2.05) is 0 Å². The van der Waals surface area contributed by atoms with Gasteiger partial charge in [-0.25, -0.2) is 9.36 Å². The number of amides is 1. The van der Waals surface area contributed by atoms with E-state index in [0.717, 1.165) is 64.2 Å². The van der Waals surface area contributed by atoms with E-state index < -0.39 is 57.6 Å². The first-order valence-corrected chi connectivity index (χ1v) is 18.9. The third kappa shape index (κ3) is 29.4. The number of hydrogen-bond donors (Lipinski definition) is 4. The summed E-state index contributed by atoms with van der Waals surface area (Å²) in [6.07, 6.45) is 26.6.